The van der Waals surface area contributed by atoms with Gasteiger partial charge in [0.1, 0.15) is 17.8 Å². The van der Waals surface area contributed by atoms with Gasteiger partial charge in [-0.25, -0.2) is 9.97 Å². The van der Waals surface area contributed by atoms with Crippen LogP contribution in [0.2, 0.25) is 0 Å². The Bertz CT molecular complexity index is 1840. The molecule has 5 aromatic rings. The lowest BCUT2D eigenvalue weighted by molar-refractivity contribution is -0.141. The van der Waals surface area contributed by atoms with Crippen LogP contribution in [0.5, 0.6) is 5.75 Å². The summed E-state index contributed by atoms with van der Waals surface area (Å²) in [6.07, 6.45) is 0. The Balaban J connectivity index is 1.42. The molecule has 3 aromatic carbocycles. The zero-order valence-electron chi connectivity index (χ0n) is 19.9. The number of hydrazone groups is 1. The van der Waals surface area contributed by atoms with Gasteiger partial charge in [0.2, 0.25) is 0 Å². The molecule has 0 aliphatic carbocycles. The fourth-order valence-electron chi connectivity index (χ4n) is 4.73. The minimum atomic E-state index is -0.479. The molecule has 182 valence electrons. The summed E-state index contributed by atoms with van der Waals surface area (Å²) in [6.45, 7) is 3.38. The normalized spacial score (nSPS) is 15.2. The average molecular weight is 554 g/mol. The van der Waals surface area contributed by atoms with Crippen molar-refractivity contribution in [2.45, 2.75) is 20.4 Å². The molecule has 2 aromatic heterocycles. The molecule has 1 N–H and O–H groups in total. The van der Waals surface area contributed by atoms with Gasteiger partial charge in [-0.2, -0.15) is 10.1 Å². The molecule has 0 saturated heterocycles. The first kappa shape index (κ1) is 23.1. The maximum atomic E-state index is 13.5. The van der Waals surface area contributed by atoms with E-state index in [-0.39, 0.29) is 12.3 Å². The molecule has 0 spiro atoms. The van der Waals surface area contributed by atoms with Crippen molar-refractivity contribution in [3.63, 3.8) is 0 Å². The number of para-hydroxylation sites is 2. The molecule has 0 saturated carbocycles. The lowest BCUT2D eigenvalue weighted by Gasteiger charge is -2.13. The van der Waals surface area contributed by atoms with E-state index in [2.05, 4.69) is 21.0 Å². The van der Waals surface area contributed by atoms with Crippen molar-refractivity contribution in [2.75, 3.05) is 0 Å². The smallest absolute Gasteiger partial charge is 0.283 e. The van der Waals surface area contributed by atoms with Gasteiger partial charge in [-0.1, -0.05) is 40.2 Å². The van der Waals surface area contributed by atoms with Crippen LogP contribution in [0.1, 0.15) is 19.4 Å². The standard InChI is InChI=1S/C28H20BrN5O3/c1-15(17-7-10-19(35)11-8-17)25-16(2)32-34(28(25)37)24(36)14-33-23-12-9-18(29)13-20(23)26-27(33)31-22-6-4-3-5-21(22)30-26/h3-13,35H,14H2,1-2H3. The summed E-state index contributed by atoms with van der Waals surface area (Å²) in [5.74, 6) is -0.821. The van der Waals surface area contributed by atoms with Crippen molar-refractivity contribution >= 4 is 72.1 Å². The molecule has 6 rings (SSSR count). The first-order valence-electron chi connectivity index (χ1n) is 11.6. The quantitative estimate of drug-likeness (QED) is 0.300. The van der Waals surface area contributed by atoms with Crippen LogP contribution in [0.3, 0.4) is 0 Å². The summed E-state index contributed by atoms with van der Waals surface area (Å²) in [6, 6.07) is 19.9. The van der Waals surface area contributed by atoms with E-state index in [1.54, 1.807) is 42.7 Å². The molecule has 37 heavy (non-hydrogen) atoms. The van der Waals surface area contributed by atoms with Crippen molar-refractivity contribution in [2.24, 2.45) is 5.10 Å². The van der Waals surface area contributed by atoms with Gasteiger partial charge < -0.3 is 9.67 Å². The molecule has 1 aliphatic heterocycles. The summed E-state index contributed by atoms with van der Waals surface area (Å²) < 4.78 is 2.67. The average Bonchev–Trinajstić information content (AvgIpc) is 3.35. The third-order valence-corrected chi connectivity index (χ3v) is 7.03. The molecule has 0 fully saturated rings. The van der Waals surface area contributed by atoms with Crippen LogP contribution in [0.4, 0.5) is 0 Å². The van der Waals surface area contributed by atoms with Crippen molar-refractivity contribution in [1.82, 2.24) is 19.5 Å². The summed E-state index contributed by atoms with van der Waals surface area (Å²) >= 11 is 3.53. The Morgan fingerprint density at radius 3 is 2.43 bits per heavy atom. The van der Waals surface area contributed by atoms with Crippen molar-refractivity contribution in [3.8, 4) is 5.75 Å². The Morgan fingerprint density at radius 2 is 1.70 bits per heavy atom. The zero-order chi connectivity index (χ0) is 25.8. The van der Waals surface area contributed by atoms with Gasteiger partial charge in [0.05, 0.1) is 27.8 Å². The fraction of sp³-hybridized carbons (Fsp3) is 0.107. The summed E-state index contributed by atoms with van der Waals surface area (Å²) in [5.41, 5.74) is 5.77. The number of nitrogens with zero attached hydrogens (tertiary/aromatic N) is 5. The van der Waals surface area contributed by atoms with Gasteiger partial charge in [-0.15, -0.1) is 0 Å². The Kier molecular flexibility index (Phi) is 5.38. The molecule has 0 unspecified atom stereocenters. The minimum absolute atomic E-state index is 0.135. The fourth-order valence-corrected chi connectivity index (χ4v) is 5.09. The van der Waals surface area contributed by atoms with Crippen molar-refractivity contribution in [3.05, 3.63) is 82.3 Å². The number of aromatic nitrogens is 3. The number of aromatic hydroxyl groups is 1. The molecule has 3 heterocycles. The molecule has 8 nitrogen and oxygen atoms in total. The summed E-state index contributed by atoms with van der Waals surface area (Å²) in [5, 5.41) is 15.7. The van der Waals surface area contributed by atoms with Crippen molar-refractivity contribution in [1.29, 1.82) is 0 Å². The number of halogens is 1. The number of hydrogen-bond acceptors (Lipinski definition) is 6. The zero-order valence-corrected chi connectivity index (χ0v) is 21.5. The van der Waals surface area contributed by atoms with Crippen LogP contribution < -0.4 is 0 Å². The highest BCUT2D eigenvalue weighted by Gasteiger charge is 2.34. The number of fused-ring (bicyclic) bond motifs is 4. The number of carbonyl (C=O) groups is 2. The predicted octanol–water partition coefficient (Wildman–Crippen LogP) is 5.42. The first-order valence-corrected chi connectivity index (χ1v) is 12.4. The number of amides is 2. The Labute approximate surface area is 219 Å². The predicted molar refractivity (Wildman–Crippen MR) is 146 cm³/mol. The number of rotatable bonds is 3. The second-order valence-electron chi connectivity index (χ2n) is 8.88. The van der Waals surface area contributed by atoms with E-state index in [1.165, 1.54) is 0 Å². The minimum Gasteiger partial charge on any atom is -0.508 e. The third kappa shape index (κ3) is 3.79. The number of phenols is 1. The van der Waals surface area contributed by atoms with E-state index < -0.39 is 11.8 Å². The van der Waals surface area contributed by atoms with E-state index in [0.29, 0.717) is 33.5 Å². The lowest BCUT2D eigenvalue weighted by atomic mass is 9.98. The van der Waals surface area contributed by atoms with Gasteiger partial charge in [0.15, 0.2) is 5.65 Å². The number of phenolic OH excluding ortho intramolecular Hbond substituents is 1. The molecule has 2 amide bonds. The topological polar surface area (TPSA) is 101 Å². The number of benzene rings is 3. The lowest BCUT2D eigenvalue weighted by Crippen LogP contribution is -2.32. The van der Waals surface area contributed by atoms with E-state index in [4.69, 9.17) is 9.97 Å². The van der Waals surface area contributed by atoms with E-state index in [9.17, 15) is 14.7 Å². The Hall–Kier alpha value is -4.37. The summed E-state index contributed by atoms with van der Waals surface area (Å²) in [7, 11) is 0. The van der Waals surface area contributed by atoms with Crippen LogP contribution in [0.25, 0.3) is 38.7 Å². The van der Waals surface area contributed by atoms with E-state index in [0.717, 1.165) is 31.5 Å². The highest BCUT2D eigenvalue weighted by molar-refractivity contribution is 9.10. The van der Waals surface area contributed by atoms with Gasteiger partial charge in [-0.3, -0.25) is 9.59 Å². The van der Waals surface area contributed by atoms with Crippen LogP contribution >= 0.6 is 15.9 Å². The monoisotopic (exact) mass is 553 g/mol. The van der Waals surface area contributed by atoms with Crippen LogP contribution in [0.15, 0.2) is 81.9 Å². The van der Waals surface area contributed by atoms with Crippen LogP contribution in [0, 0.1) is 0 Å². The second kappa shape index (κ2) is 8.63. The first-order chi connectivity index (χ1) is 17.8. The van der Waals surface area contributed by atoms with Crippen molar-refractivity contribution < 1.29 is 14.7 Å². The maximum Gasteiger partial charge on any atom is 0.283 e. The van der Waals surface area contributed by atoms with Crippen LogP contribution in [-0.4, -0.2) is 42.2 Å². The number of allylic oxidation sites excluding steroid dienone is 1. The molecule has 1 aliphatic rings. The molecule has 9 heteroatoms. The largest absolute Gasteiger partial charge is 0.508 e. The molecular weight excluding hydrogens is 534 g/mol. The van der Waals surface area contributed by atoms with Crippen LogP contribution in [-0.2, 0) is 16.1 Å². The maximum absolute atomic E-state index is 13.5. The highest BCUT2D eigenvalue weighted by atomic mass is 79.9. The number of imide groups is 1. The summed E-state index contributed by atoms with van der Waals surface area (Å²) in [4.78, 5) is 36.5. The third-order valence-electron chi connectivity index (χ3n) is 6.54. The van der Waals surface area contributed by atoms with Gasteiger partial charge in [0, 0.05) is 9.86 Å². The number of hydrogen-bond donors (Lipinski definition) is 1. The number of carbonyl (C=O) groups excluding carboxylic acids is 2. The molecule has 0 bridgehead atoms. The van der Waals surface area contributed by atoms with E-state index in [1.807, 2.05) is 42.5 Å². The highest BCUT2D eigenvalue weighted by Crippen LogP contribution is 2.32. The Morgan fingerprint density at radius 1 is 1.00 bits per heavy atom. The SMILES string of the molecule is CC1=NN(C(=O)Cn2c3ccc(Br)cc3c3nc4ccccc4nc32)C(=O)C1=C(C)c1ccc(O)cc1. The van der Waals surface area contributed by atoms with Gasteiger partial charge in [-0.05, 0) is 67.4 Å². The molecular formula is C28H20BrN5O3. The van der Waals surface area contributed by atoms with Gasteiger partial charge >= 0.3 is 0 Å². The van der Waals surface area contributed by atoms with E-state index >= 15 is 0 Å². The molecule has 0 radical (unpaired) electrons. The molecule has 0 atom stereocenters. The van der Waals surface area contributed by atoms with Gasteiger partial charge in [0.25, 0.3) is 11.8 Å². The second-order valence-corrected chi connectivity index (χ2v) is 9.79.